The first kappa shape index (κ1) is 42.6. The number of hydrogen-bond acceptors (Lipinski definition) is 0. The molecule has 0 bridgehead atoms. The van der Waals surface area contributed by atoms with E-state index in [0.29, 0.717) is 0 Å². The Morgan fingerprint density at radius 3 is 1.33 bits per heavy atom. The van der Waals surface area contributed by atoms with Crippen molar-refractivity contribution in [1.82, 2.24) is 0 Å². The molecule has 11 aliphatic rings. The van der Waals surface area contributed by atoms with Crippen LogP contribution in [-0.4, -0.2) is 0 Å². The standard InChI is InChI=1S/C60H100/c1-40-17-8-9-18-41(40)25-16-30-50-49-26-12-13-27-51(49)58(43-20-4-2-5-21-43)54-35-33-46(38-56(50)54)47-34-36-55-57(39-47)60(48-32-31-42-19-10-11-24-45(42)37-48)53-29-15-14-28-52(53)59(55)44-22-6-3-7-23-44/h40-60H,2-39H2,1H3. The van der Waals surface area contributed by atoms with Gasteiger partial charge in [-0.15, -0.1) is 0 Å². The maximum atomic E-state index is 2.64. The highest BCUT2D eigenvalue weighted by Gasteiger charge is 2.58. The van der Waals surface area contributed by atoms with Gasteiger partial charge in [-0.3, -0.25) is 0 Å². The summed E-state index contributed by atoms with van der Waals surface area (Å²) < 4.78 is 0. The average Bonchev–Trinajstić information content (AvgIpc) is 3.31. The van der Waals surface area contributed by atoms with Crippen LogP contribution in [-0.2, 0) is 0 Å². The van der Waals surface area contributed by atoms with Crippen LogP contribution in [0.3, 0.4) is 0 Å². The van der Waals surface area contributed by atoms with E-state index >= 15 is 0 Å². The van der Waals surface area contributed by atoms with Gasteiger partial charge in [-0.25, -0.2) is 0 Å². The van der Waals surface area contributed by atoms with Gasteiger partial charge >= 0.3 is 0 Å². The Morgan fingerprint density at radius 1 is 0.267 bits per heavy atom. The van der Waals surface area contributed by atoms with E-state index in [1.807, 2.05) is 0 Å². The summed E-state index contributed by atoms with van der Waals surface area (Å²) in [6.45, 7) is 2.64. The molecule has 0 heteroatoms. The smallest absolute Gasteiger partial charge is 0.0323 e. The molecule has 340 valence electrons. The summed E-state index contributed by atoms with van der Waals surface area (Å²) in [5.74, 6) is 23.3. The van der Waals surface area contributed by atoms with Gasteiger partial charge in [0.15, 0.2) is 0 Å². The molecule has 0 aromatic heterocycles. The van der Waals surface area contributed by atoms with E-state index in [4.69, 9.17) is 0 Å². The largest absolute Gasteiger partial charge is 0.0622 e. The molecule has 11 aliphatic carbocycles. The third-order valence-corrected chi connectivity index (χ3v) is 24.4. The van der Waals surface area contributed by atoms with Crippen LogP contribution in [0, 0.1) is 124 Å². The van der Waals surface area contributed by atoms with Gasteiger partial charge in [0.2, 0.25) is 0 Å². The summed E-state index contributed by atoms with van der Waals surface area (Å²) in [5.41, 5.74) is 0. The lowest BCUT2D eigenvalue weighted by molar-refractivity contribution is -0.137. The molecule has 0 amide bonds. The molecule has 0 spiro atoms. The zero-order valence-electron chi connectivity index (χ0n) is 40.0. The van der Waals surface area contributed by atoms with Crippen LogP contribution in [0.5, 0.6) is 0 Å². The molecule has 0 radical (unpaired) electrons. The van der Waals surface area contributed by atoms with E-state index in [1.54, 1.807) is 225 Å². The summed E-state index contributed by atoms with van der Waals surface area (Å²) in [4.78, 5) is 0. The molecule has 19 atom stereocenters. The fourth-order valence-corrected chi connectivity index (χ4v) is 22.1. The normalized spacial score (nSPS) is 50.6. The molecule has 11 rings (SSSR count). The molecule has 0 nitrogen and oxygen atoms in total. The predicted molar refractivity (Wildman–Crippen MR) is 254 cm³/mol. The fraction of sp³-hybridized carbons (Fsp3) is 1.00. The molecule has 0 saturated heterocycles. The third-order valence-electron chi connectivity index (χ3n) is 24.4. The summed E-state index contributed by atoms with van der Waals surface area (Å²) in [6.07, 6.45) is 61.1. The highest BCUT2D eigenvalue weighted by atomic mass is 14.6. The summed E-state index contributed by atoms with van der Waals surface area (Å²) >= 11 is 0. The van der Waals surface area contributed by atoms with Crippen molar-refractivity contribution in [1.29, 1.82) is 0 Å². The Kier molecular flexibility index (Phi) is 13.8. The van der Waals surface area contributed by atoms with Crippen LogP contribution >= 0.6 is 0 Å². The van der Waals surface area contributed by atoms with E-state index in [2.05, 4.69) is 6.92 Å². The van der Waals surface area contributed by atoms with Crippen molar-refractivity contribution < 1.29 is 0 Å². The minimum atomic E-state index is 1.01. The average molecular weight is 821 g/mol. The Bertz CT molecular complexity index is 1330. The summed E-state index contributed by atoms with van der Waals surface area (Å²) in [5, 5.41) is 0. The van der Waals surface area contributed by atoms with Crippen molar-refractivity contribution >= 4 is 0 Å². The minimum Gasteiger partial charge on any atom is -0.0622 e. The first-order chi connectivity index (χ1) is 29.7. The molecule has 0 aliphatic heterocycles. The van der Waals surface area contributed by atoms with Gasteiger partial charge in [-0.1, -0.05) is 161 Å². The van der Waals surface area contributed by atoms with Crippen molar-refractivity contribution in [2.24, 2.45) is 124 Å². The fourth-order valence-electron chi connectivity index (χ4n) is 22.1. The van der Waals surface area contributed by atoms with Crippen LogP contribution in [0.1, 0.15) is 251 Å². The summed E-state index contributed by atoms with van der Waals surface area (Å²) in [7, 11) is 0. The Labute approximate surface area is 373 Å². The zero-order chi connectivity index (χ0) is 40.0. The van der Waals surface area contributed by atoms with Crippen LogP contribution in [0.4, 0.5) is 0 Å². The quantitative estimate of drug-likeness (QED) is 0.229. The molecular formula is C60H100. The monoisotopic (exact) mass is 821 g/mol. The van der Waals surface area contributed by atoms with Crippen molar-refractivity contribution in [3.63, 3.8) is 0 Å². The number of fused-ring (bicyclic) bond motifs is 5. The lowest BCUT2D eigenvalue weighted by Crippen LogP contribution is -2.55. The third kappa shape index (κ3) is 8.49. The maximum absolute atomic E-state index is 2.64. The Hall–Kier alpha value is 0. The first-order valence-electron chi connectivity index (χ1n) is 29.7. The van der Waals surface area contributed by atoms with Gasteiger partial charge in [0.05, 0.1) is 0 Å². The van der Waals surface area contributed by atoms with Crippen molar-refractivity contribution in [2.45, 2.75) is 251 Å². The molecule has 11 fully saturated rings. The molecule has 11 saturated carbocycles. The van der Waals surface area contributed by atoms with Crippen molar-refractivity contribution in [2.75, 3.05) is 0 Å². The molecule has 0 heterocycles. The minimum absolute atomic E-state index is 1.01. The second-order valence-corrected chi connectivity index (χ2v) is 26.5. The lowest BCUT2D eigenvalue weighted by Gasteiger charge is -2.62. The second-order valence-electron chi connectivity index (χ2n) is 26.5. The van der Waals surface area contributed by atoms with E-state index in [9.17, 15) is 0 Å². The van der Waals surface area contributed by atoms with E-state index in [-0.39, 0.29) is 0 Å². The van der Waals surface area contributed by atoms with Gasteiger partial charge in [-0.05, 0) is 214 Å². The van der Waals surface area contributed by atoms with Crippen LogP contribution in [0.15, 0.2) is 0 Å². The summed E-state index contributed by atoms with van der Waals surface area (Å²) in [6, 6.07) is 0. The molecule has 0 aromatic carbocycles. The Morgan fingerprint density at radius 2 is 0.683 bits per heavy atom. The highest BCUT2D eigenvalue weighted by molar-refractivity contribution is 5.08. The lowest BCUT2D eigenvalue weighted by atomic mass is 9.42. The number of rotatable bonds is 8. The van der Waals surface area contributed by atoms with Gasteiger partial charge in [-0.2, -0.15) is 0 Å². The molecular weight excluding hydrogens is 721 g/mol. The maximum Gasteiger partial charge on any atom is -0.0323 e. The molecule has 19 unspecified atom stereocenters. The Balaban J connectivity index is 0.869. The first-order valence-corrected chi connectivity index (χ1v) is 29.7. The predicted octanol–water partition coefficient (Wildman–Crippen LogP) is 17.9. The van der Waals surface area contributed by atoms with E-state index in [1.165, 1.54) is 19.3 Å². The van der Waals surface area contributed by atoms with E-state index < -0.39 is 0 Å². The van der Waals surface area contributed by atoms with E-state index in [0.717, 1.165) is 124 Å². The number of hydrogen-bond donors (Lipinski definition) is 0. The van der Waals surface area contributed by atoms with Crippen LogP contribution in [0.2, 0.25) is 0 Å². The van der Waals surface area contributed by atoms with Gasteiger partial charge < -0.3 is 0 Å². The topological polar surface area (TPSA) is 0 Å². The van der Waals surface area contributed by atoms with Gasteiger partial charge in [0.1, 0.15) is 0 Å². The molecule has 60 heavy (non-hydrogen) atoms. The molecule has 0 N–H and O–H groups in total. The zero-order valence-corrected chi connectivity index (χ0v) is 40.0. The molecule has 0 aromatic rings. The van der Waals surface area contributed by atoms with Gasteiger partial charge in [0, 0.05) is 0 Å². The van der Waals surface area contributed by atoms with Crippen LogP contribution in [0.25, 0.3) is 0 Å². The SMILES string of the molecule is CC1CCCCC1CCCC1C2CCCCC2C(C2CCCCC2)C2CCC(C3CCC4C(C3)C(C3CCC5CCCCC5C3)C3CCCCC3C4C3CCCCC3)CC12. The van der Waals surface area contributed by atoms with Crippen molar-refractivity contribution in [3.8, 4) is 0 Å². The van der Waals surface area contributed by atoms with Crippen LogP contribution < -0.4 is 0 Å². The van der Waals surface area contributed by atoms with Crippen molar-refractivity contribution in [3.05, 3.63) is 0 Å². The second kappa shape index (κ2) is 19.5. The highest BCUT2D eigenvalue weighted by Crippen LogP contribution is 2.66. The van der Waals surface area contributed by atoms with Gasteiger partial charge in [0.25, 0.3) is 0 Å².